The normalized spacial score (nSPS) is 20.0. The van der Waals surface area contributed by atoms with E-state index in [-0.39, 0.29) is 23.4 Å². The molecule has 3 nitrogen and oxygen atoms in total. The summed E-state index contributed by atoms with van der Waals surface area (Å²) in [5, 5.41) is 13.2. The van der Waals surface area contributed by atoms with Crippen molar-refractivity contribution in [3.05, 3.63) is 34.1 Å². The van der Waals surface area contributed by atoms with E-state index in [2.05, 4.69) is 35.1 Å². The summed E-state index contributed by atoms with van der Waals surface area (Å²) in [5.41, 5.74) is -0.359. The van der Waals surface area contributed by atoms with Crippen molar-refractivity contribution in [3.8, 4) is 0 Å². The van der Waals surface area contributed by atoms with Gasteiger partial charge in [0.1, 0.15) is 5.82 Å². The third-order valence-electron chi connectivity index (χ3n) is 4.29. The maximum absolute atomic E-state index is 13.2. The number of rotatable bonds is 3. The van der Waals surface area contributed by atoms with Crippen LogP contribution in [0.3, 0.4) is 0 Å². The molecule has 0 aromatic heterocycles. The highest BCUT2D eigenvalue weighted by atomic mass is 79.9. The van der Waals surface area contributed by atoms with Crippen LogP contribution in [0.1, 0.15) is 49.9 Å². The molecule has 0 bridgehead atoms. The van der Waals surface area contributed by atoms with E-state index in [0.717, 1.165) is 12.8 Å². The standard InChI is InChI=1S/C16H21BrFNO2/c1-15(2)5-7-16(21,8-6-15)10-19-14(20)12-9-11(18)3-4-13(12)17/h3-4,9,21H,5-8,10H2,1-2H3,(H,19,20). The van der Waals surface area contributed by atoms with E-state index in [1.165, 1.54) is 18.2 Å². The Hall–Kier alpha value is -0.940. The first-order valence-electron chi connectivity index (χ1n) is 7.17. The van der Waals surface area contributed by atoms with Crippen molar-refractivity contribution in [2.24, 2.45) is 5.41 Å². The molecule has 0 saturated heterocycles. The quantitative estimate of drug-likeness (QED) is 0.867. The smallest absolute Gasteiger partial charge is 0.252 e. The zero-order chi connectivity index (χ0) is 15.7. The van der Waals surface area contributed by atoms with Crippen molar-refractivity contribution in [1.82, 2.24) is 5.32 Å². The molecule has 1 aromatic rings. The molecule has 2 rings (SSSR count). The molecule has 1 aliphatic carbocycles. The fourth-order valence-corrected chi connectivity index (χ4v) is 3.01. The number of benzene rings is 1. The van der Waals surface area contributed by atoms with Gasteiger partial charge in [-0.05, 0) is 65.2 Å². The Morgan fingerprint density at radius 3 is 2.57 bits per heavy atom. The Kier molecular flexibility index (Phi) is 4.73. The summed E-state index contributed by atoms with van der Waals surface area (Å²) in [7, 11) is 0. The predicted octanol–water partition coefficient (Wildman–Crippen LogP) is 3.65. The second-order valence-electron chi connectivity index (χ2n) is 6.70. The van der Waals surface area contributed by atoms with Gasteiger partial charge in [0.15, 0.2) is 0 Å². The van der Waals surface area contributed by atoms with Crippen LogP contribution in [0.2, 0.25) is 0 Å². The topological polar surface area (TPSA) is 49.3 Å². The third-order valence-corrected chi connectivity index (χ3v) is 4.98. The van der Waals surface area contributed by atoms with Crippen molar-refractivity contribution in [3.63, 3.8) is 0 Å². The van der Waals surface area contributed by atoms with Crippen LogP contribution in [-0.2, 0) is 0 Å². The molecule has 0 radical (unpaired) electrons. The van der Waals surface area contributed by atoms with Crippen molar-refractivity contribution >= 4 is 21.8 Å². The van der Waals surface area contributed by atoms with Gasteiger partial charge in [0.2, 0.25) is 0 Å². The van der Waals surface area contributed by atoms with Crippen LogP contribution in [0.25, 0.3) is 0 Å². The molecule has 1 amide bonds. The number of halogens is 2. The van der Waals surface area contributed by atoms with Crippen LogP contribution in [0.15, 0.2) is 22.7 Å². The van der Waals surface area contributed by atoms with E-state index < -0.39 is 11.4 Å². The first-order valence-corrected chi connectivity index (χ1v) is 7.96. The second-order valence-corrected chi connectivity index (χ2v) is 7.55. The van der Waals surface area contributed by atoms with Gasteiger partial charge in [-0.3, -0.25) is 4.79 Å². The number of carbonyl (C=O) groups is 1. The summed E-state index contributed by atoms with van der Waals surface area (Å²) in [6.07, 6.45) is 3.21. The number of hydrogen-bond acceptors (Lipinski definition) is 2. The highest BCUT2D eigenvalue weighted by molar-refractivity contribution is 9.10. The molecule has 5 heteroatoms. The van der Waals surface area contributed by atoms with Crippen molar-refractivity contribution < 1.29 is 14.3 Å². The zero-order valence-electron chi connectivity index (χ0n) is 12.4. The van der Waals surface area contributed by atoms with Crippen LogP contribution < -0.4 is 5.32 Å². The SMILES string of the molecule is CC1(C)CCC(O)(CNC(=O)c2cc(F)ccc2Br)CC1. The van der Waals surface area contributed by atoms with Gasteiger partial charge in [0.25, 0.3) is 5.91 Å². The summed E-state index contributed by atoms with van der Waals surface area (Å²) in [4.78, 5) is 12.1. The van der Waals surface area contributed by atoms with Crippen LogP contribution in [0.4, 0.5) is 4.39 Å². The first-order chi connectivity index (χ1) is 9.71. The van der Waals surface area contributed by atoms with Gasteiger partial charge in [-0.1, -0.05) is 13.8 Å². The lowest BCUT2D eigenvalue weighted by molar-refractivity contribution is -0.0233. The van der Waals surface area contributed by atoms with E-state index in [1.54, 1.807) is 0 Å². The lowest BCUT2D eigenvalue weighted by atomic mass is 9.71. The summed E-state index contributed by atoms with van der Waals surface area (Å²) in [6, 6.07) is 3.98. The third kappa shape index (κ3) is 4.27. The average Bonchev–Trinajstić information content (AvgIpc) is 2.43. The van der Waals surface area contributed by atoms with Crippen LogP contribution in [-0.4, -0.2) is 23.2 Å². The summed E-state index contributed by atoms with van der Waals surface area (Å²) >= 11 is 3.24. The molecule has 0 atom stereocenters. The number of carbonyl (C=O) groups excluding carboxylic acids is 1. The largest absolute Gasteiger partial charge is 0.388 e. The number of hydrogen-bond donors (Lipinski definition) is 2. The molecule has 0 heterocycles. The van der Waals surface area contributed by atoms with Crippen LogP contribution >= 0.6 is 15.9 Å². The molecular formula is C16H21BrFNO2. The van der Waals surface area contributed by atoms with E-state index in [0.29, 0.717) is 17.3 Å². The number of aliphatic hydroxyl groups is 1. The molecule has 1 aliphatic rings. The van der Waals surface area contributed by atoms with Crippen LogP contribution in [0, 0.1) is 11.2 Å². The van der Waals surface area contributed by atoms with Crippen molar-refractivity contribution in [2.75, 3.05) is 6.54 Å². The Morgan fingerprint density at radius 1 is 1.33 bits per heavy atom. The molecule has 0 aliphatic heterocycles. The Balaban J connectivity index is 1.97. The summed E-state index contributed by atoms with van der Waals surface area (Å²) in [6.45, 7) is 4.58. The minimum absolute atomic E-state index is 0.199. The van der Waals surface area contributed by atoms with Gasteiger partial charge in [0.05, 0.1) is 11.2 Å². The highest BCUT2D eigenvalue weighted by Gasteiger charge is 2.36. The van der Waals surface area contributed by atoms with Crippen molar-refractivity contribution in [1.29, 1.82) is 0 Å². The highest BCUT2D eigenvalue weighted by Crippen LogP contribution is 2.39. The zero-order valence-corrected chi connectivity index (χ0v) is 14.0. The van der Waals surface area contributed by atoms with Gasteiger partial charge < -0.3 is 10.4 Å². The minimum atomic E-state index is -0.856. The van der Waals surface area contributed by atoms with Gasteiger partial charge in [-0.15, -0.1) is 0 Å². The molecule has 1 aromatic carbocycles. The van der Waals surface area contributed by atoms with E-state index >= 15 is 0 Å². The summed E-state index contributed by atoms with van der Waals surface area (Å²) in [5.74, 6) is -0.832. The van der Waals surface area contributed by atoms with Gasteiger partial charge in [-0.2, -0.15) is 0 Å². The number of nitrogens with one attached hydrogen (secondary N) is 1. The average molecular weight is 358 g/mol. The Morgan fingerprint density at radius 2 is 1.95 bits per heavy atom. The monoisotopic (exact) mass is 357 g/mol. The molecule has 1 saturated carbocycles. The molecule has 0 unspecified atom stereocenters. The molecule has 2 N–H and O–H groups in total. The van der Waals surface area contributed by atoms with E-state index in [9.17, 15) is 14.3 Å². The molecular weight excluding hydrogens is 337 g/mol. The summed E-state index contributed by atoms with van der Waals surface area (Å²) < 4.78 is 13.8. The maximum atomic E-state index is 13.2. The predicted molar refractivity (Wildman–Crippen MR) is 83.6 cm³/mol. The maximum Gasteiger partial charge on any atom is 0.252 e. The fourth-order valence-electron chi connectivity index (χ4n) is 2.58. The Bertz CT molecular complexity index is 535. The van der Waals surface area contributed by atoms with E-state index in [4.69, 9.17) is 0 Å². The minimum Gasteiger partial charge on any atom is -0.388 e. The lowest BCUT2D eigenvalue weighted by Gasteiger charge is -2.40. The molecule has 116 valence electrons. The van der Waals surface area contributed by atoms with Crippen LogP contribution in [0.5, 0.6) is 0 Å². The van der Waals surface area contributed by atoms with E-state index in [1.807, 2.05) is 0 Å². The Labute approximate surface area is 133 Å². The first kappa shape index (κ1) is 16.4. The number of amides is 1. The fraction of sp³-hybridized carbons (Fsp3) is 0.562. The second kappa shape index (κ2) is 6.05. The molecule has 21 heavy (non-hydrogen) atoms. The van der Waals surface area contributed by atoms with Gasteiger partial charge in [0, 0.05) is 11.0 Å². The van der Waals surface area contributed by atoms with Gasteiger partial charge >= 0.3 is 0 Å². The molecule has 1 fully saturated rings. The van der Waals surface area contributed by atoms with Crippen molar-refractivity contribution in [2.45, 2.75) is 45.1 Å². The molecule has 0 spiro atoms. The lowest BCUT2D eigenvalue weighted by Crippen LogP contribution is -2.46. The van der Waals surface area contributed by atoms with Gasteiger partial charge in [-0.25, -0.2) is 4.39 Å².